The van der Waals surface area contributed by atoms with E-state index in [1.807, 2.05) is 0 Å². The van der Waals surface area contributed by atoms with Crippen LogP contribution in [0.25, 0.3) is 0 Å². The second-order valence-electron chi connectivity index (χ2n) is 2.33. The maximum Gasteiger partial charge on any atom is 0.240 e. The van der Waals surface area contributed by atoms with Gasteiger partial charge in [-0.25, -0.2) is 4.68 Å². The Morgan fingerprint density at radius 1 is 1.58 bits per heavy atom. The molecule has 0 aromatic carbocycles. The molecular weight excluding hydrogens is 160 g/mol. The van der Waals surface area contributed by atoms with E-state index in [1.54, 1.807) is 0 Å². The molecule has 1 amide bonds. The van der Waals surface area contributed by atoms with Gasteiger partial charge in [0.05, 0.1) is 0 Å². The predicted molar refractivity (Wildman–Crippen MR) is 40.7 cm³/mol. The lowest BCUT2D eigenvalue weighted by Gasteiger charge is -1.98. The van der Waals surface area contributed by atoms with E-state index >= 15 is 0 Å². The number of nitrogen functional groups attached to an aromatic ring is 1. The molecule has 0 saturated carbocycles. The van der Waals surface area contributed by atoms with Crippen LogP contribution in [0.5, 0.6) is 0 Å². The van der Waals surface area contributed by atoms with Crippen LogP contribution in [-0.2, 0) is 11.3 Å². The number of aryl methyl sites for hydroxylation is 1. The Hall–Kier alpha value is -1.66. The molecule has 0 aliphatic carbocycles. The summed E-state index contributed by atoms with van der Waals surface area (Å²) in [5, 5.41) is 10.4. The first-order valence-corrected chi connectivity index (χ1v) is 3.50. The number of aromatic nitrogens is 4. The smallest absolute Gasteiger partial charge is 0.240 e. The molecule has 0 unspecified atom stereocenters. The highest BCUT2D eigenvalue weighted by atomic mass is 16.1. The van der Waals surface area contributed by atoms with E-state index in [9.17, 15) is 4.79 Å². The lowest BCUT2D eigenvalue weighted by molar-refractivity contribution is -0.118. The first-order valence-electron chi connectivity index (χ1n) is 3.50. The zero-order chi connectivity index (χ0) is 8.97. The van der Waals surface area contributed by atoms with E-state index in [4.69, 9.17) is 11.5 Å². The summed E-state index contributed by atoms with van der Waals surface area (Å²) in [6.07, 6.45) is 0.921. The first kappa shape index (κ1) is 8.44. The number of amides is 1. The molecule has 7 nitrogen and oxygen atoms in total. The van der Waals surface area contributed by atoms with E-state index < -0.39 is 0 Å². The number of tetrazole rings is 1. The Morgan fingerprint density at radius 2 is 2.33 bits per heavy atom. The number of carbonyl (C=O) groups is 1. The minimum Gasteiger partial charge on any atom is -0.370 e. The topological polar surface area (TPSA) is 113 Å². The molecule has 0 fully saturated rings. The van der Waals surface area contributed by atoms with Gasteiger partial charge in [0.15, 0.2) is 0 Å². The molecule has 1 aromatic heterocycles. The molecule has 1 rings (SSSR count). The van der Waals surface area contributed by atoms with Gasteiger partial charge in [-0.3, -0.25) is 4.79 Å². The summed E-state index contributed by atoms with van der Waals surface area (Å²) in [4.78, 5) is 10.3. The van der Waals surface area contributed by atoms with Crippen molar-refractivity contribution in [1.29, 1.82) is 0 Å². The van der Waals surface area contributed by atoms with Crippen molar-refractivity contribution in [2.75, 3.05) is 5.73 Å². The van der Waals surface area contributed by atoms with Gasteiger partial charge in [-0.1, -0.05) is 5.10 Å². The maximum atomic E-state index is 10.3. The largest absolute Gasteiger partial charge is 0.370 e. The van der Waals surface area contributed by atoms with Crippen LogP contribution in [0.1, 0.15) is 12.8 Å². The fourth-order valence-corrected chi connectivity index (χ4v) is 0.774. The third-order valence-corrected chi connectivity index (χ3v) is 1.35. The van der Waals surface area contributed by atoms with Crippen molar-refractivity contribution in [3.05, 3.63) is 0 Å². The lowest BCUT2D eigenvalue weighted by Crippen LogP contribution is -2.12. The Morgan fingerprint density at radius 3 is 2.83 bits per heavy atom. The van der Waals surface area contributed by atoms with Gasteiger partial charge in [0.25, 0.3) is 0 Å². The van der Waals surface area contributed by atoms with E-state index in [-0.39, 0.29) is 11.9 Å². The first-order chi connectivity index (χ1) is 5.70. The number of anilines is 1. The highest BCUT2D eigenvalue weighted by Crippen LogP contribution is 1.96. The number of rotatable bonds is 4. The standard InChI is InChI=1S/C5H10N6O/c6-4(12)2-1-3-11-5(7)8-9-10-11/h1-3H2,(H2,6,12)(H2,7,8,10). The summed E-state index contributed by atoms with van der Waals surface area (Å²) in [6.45, 7) is 0.516. The van der Waals surface area contributed by atoms with E-state index in [0.717, 1.165) is 0 Å². The van der Waals surface area contributed by atoms with Crippen molar-refractivity contribution in [1.82, 2.24) is 20.2 Å². The highest BCUT2D eigenvalue weighted by Gasteiger charge is 2.00. The summed E-state index contributed by atoms with van der Waals surface area (Å²) in [6, 6.07) is 0. The molecular formula is C5H10N6O. The van der Waals surface area contributed by atoms with Crippen LogP contribution >= 0.6 is 0 Å². The van der Waals surface area contributed by atoms with Gasteiger partial charge in [0.1, 0.15) is 0 Å². The molecule has 0 saturated heterocycles. The van der Waals surface area contributed by atoms with Crippen molar-refractivity contribution >= 4 is 11.9 Å². The summed E-state index contributed by atoms with van der Waals surface area (Å²) in [5.41, 5.74) is 10.3. The lowest BCUT2D eigenvalue weighted by atomic mass is 10.3. The number of carbonyl (C=O) groups excluding carboxylic acids is 1. The molecule has 66 valence electrons. The van der Waals surface area contributed by atoms with Crippen molar-refractivity contribution < 1.29 is 4.79 Å². The molecule has 0 aliphatic rings. The van der Waals surface area contributed by atoms with Gasteiger partial charge in [-0.2, -0.15) is 0 Å². The molecule has 7 heteroatoms. The number of nitrogens with zero attached hydrogens (tertiary/aromatic N) is 4. The number of primary amides is 1. The fraction of sp³-hybridized carbons (Fsp3) is 0.600. The number of hydrogen-bond donors (Lipinski definition) is 2. The molecule has 4 N–H and O–H groups in total. The summed E-state index contributed by atoms with van der Waals surface area (Å²) < 4.78 is 1.42. The van der Waals surface area contributed by atoms with Gasteiger partial charge >= 0.3 is 0 Å². The average molecular weight is 170 g/mol. The Balaban J connectivity index is 2.33. The molecule has 0 spiro atoms. The fourth-order valence-electron chi connectivity index (χ4n) is 0.774. The van der Waals surface area contributed by atoms with Crippen LogP contribution in [0.2, 0.25) is 0 Å². The van der Waals surface area contributed by atoms with Crippen LogP contribution in [0.15, 0.2) is 0 Å². The van der Waals surface area contributed by atoms with Crippen molar-refractivity contribution in [3.63, 3.8) is 0 Å². The molecule has 1 aromatic rings. The Labute approximate surface area is 68.7 Å². The SMILES string of the molecule is NC(=O)CCCn1nnnc1N. The third-order valence-electron chi connectivity index (χ3n) is 1.35. The molecule has 0 atom stereocenters. The second kappa shape index (κ2) is 3.65. The van der Waals surface area contributed by atoms with Gasteiger partial charge in [0, 0.05) is 13.0 Å². The van der Waals surface area contributed by atoms with Gasteiger partial charge in [0.2, 0.25) is 11.9 Å². The predicted octanol–water partition coefficient (Wildman–Crippen LogP) is -1.48. The van der Waals surface area contributed by atoms with E-state index in [0.29, 0.717) is 19.4 Å². The Bertz CT molecular complexity index is 269. The molecule has 0 aliphatic heterocycles. The molecule has 12 heavy (non-hydrogen) atoms. The molecule has 0 bridgehead atoms. The van der Waals surface area contributed by atoms with Crippen LogP contribution in [-0.4, -0.2) is 26.1 Å². The zero-order valence-corrected chi connectivity index (χ0v) is 6.47. The van der Waals surface area contributed by atoms with Gasteiger partial charge in [-0.05, 0) is 16.8 Å². The minimum absolute atomic E-state index is 0.250. The average Bonchev–Trinajstić information content (AvgIpc) is 2.36. The minimum atomic E-state index is -0.332. The molecule has 0 radical (unpaired) electrons. The van der Waals surface area contributed by atoms with Gasteiger partial charge in [-0.15, -0.1) is 0 Å². The van der Waals surface area contributed by atoms with Crippen LogP contribution in [0.3, 0.4) is 0 Å². The quantitative estimate of drug-likeness (QED) is 0.572. The second-order valence-corrected chi connectivity index (χ2v) is 2.33. The van der Waals surface area contributed by atoms with Crippen LogP contribution < -0.4 is 11.5 Å². The van der Waals surface area contributed by atoms with Crippen LogP contribution in [0, 0.1) is 0 Å². The number of hydrogen-bond acceptors (Lipinski definition) is 5. The van der Waals surface area contributed by atoms with Crippen molar-refractivity contribution in [2.45, 2.75) is 19.4 Å². The molecule has 1 heterocycles. The van der Waals surface area contributed by atoms with Gasteiger partial charge < -0.3 is 11.5 Å². The zero-order valence-electron chi connectivity index (χ0n) is 6.47. The normalized spacial score (nSPS) is 10.0. The third kappa shape index (κ3) is 2.19. The maximum absolute atomic E-state index is 10.3. The Kier molecular flexibility index (Phi) is 2.57. The summed E-state index contributed by atoms with van der Waals surface area (Å²) >= 11 is 0. The number of nitrogens with two attached hydrogens (primary N) is 2. The summed E-state index contributed by atoms with van der Waals surface area (Å²) in [5.74, 6) is -0.0823. The van der Waals surface area contributed by atoms with E-state index in [2.05, 4.69) is 15.5 Å². The van der Waals surface area contributed by atoms with Crippen LogP contribution in [0.4, 0.5) is 5.95 Å². The van der Waals surface area contributed by atoms with Crippen molar-refractivity contribution in [2.24, 2.45) is 5.73 Å². The van der Waals surface area contributed by atoms with E-state index in [1.165, 1.54) is 4.68 Å². The monoisotopic (exact) mass is 170 g/mol. The highest BCUT2D eigenvalue weighted by molar-refractivity contribution is 5.73. The van der Waals surface area contributed by atoms with Crippen molar-refractivity contribution in [3.8, 4) is 0 Å². The summed E-state index contributed by atoms with van der Waals surface area (Å²) in [7, 11) is 0.